The van der Waals surface area contributed by atoms with E-state index in [4.69, 9.17) is 11.6 Å². The summed E-state index contributed by atoms with van der Waals surface area (Å²) in [4.78, 5) is 4.23. The van der Waals surface area contributed by atoms with Gasteiger partial charge in [0.15, 0.2) is 0 Å². The van der Waals surface area contributed by atoms with Gasteiger partial charge in [0, 0.05) is 23.2 Å². The number of halogens is 1. The first-order valence-corrected chi connectivity index (χ1v) is 6.41. The van der Waals surface area contributed by atoms with Crippen LogP contribution in [0.15, 0.2) is 36.7 Å². The van der Waals surface area contributed by atoms with Gasteiger partial charge in [-0.15, -0.1) is 11.6 Å². The molecule has 0 aliphatic carbocycles. The van der Waals surface area contributed by atoms with Crippen LogP contribution in [0.1, 0.15) is 32.8 Å². The van der Waals surface area contributed by atoms with E-state index in [0.717, 1.165) is 6.42 Å². The lowest BCUT2D eigenvalue weighted by Gasteiger charge is -2.27. The zero-order chi connectivity index (χ0) is 12.5. The minimum Gasteiger partial charge on any atom is -0.264 e. The van der Waals surface area contributed by atoms with E-state index in [1.54, 1.807) is 0 Å². The Kier molecular flexibility index (Phi) is 3.39. The molecular weight excluding hydrogens is 230 g/mol. The van der Waals surface area contributed by atoms with Crippen LogP contribution in [-0.4, -0.2) is 10.4 Å². The Morgan fingerprint density at radius 2 is 2.06 bits per heavy atom. The number of benzene rings is 1. The Morgan fingerprint density at radius 3 is 2.76 bits per heavy atom. The van der Waals surface area contributed by atoms with E-state index in [0.29, 0.717) is 0 Å². The average Bonchev–Trinajstić information content (AvgIpc) is 2.26. The Balaban J connectivity index is 2.55. The van der Waals surface area contributed by atoms with E-state index >= 15 is 0 Å². The average molecular weight is 248 g/mol. The summed E-state index contributed by atoms with van der Waals surface area (Å²) in [6, 6.07) is 8.47. The first-order chi connectivity index (χ1) is 8.00. The third kappa shape index (κ3) is 2.61. The maximum atomic E-state index is 6.15. The van der Waals surface area contributed by atoms with E-state index in [1.807, 2.05) is 19.3 Å². The molecule has 2 aromatic rings. The summed E-state index contributed by atoms with van der Waals surface area (Å²) in [6.45, 7) is 6.54. The number of hydrogen-bond acceptors (Lipinski definition) is 1. The summed E-state index contributed by atoms with van der Waals surface area (Å²) in [6.07, 6.45) is 4.75. The van der Waals surface area contributed by atoms with Gasteiger partial charge in [-0.3, -0.25) is 4.98 Å². The molecule has 1 unspecified atom stereocenters. The van der Waals surface area contributed by atoms with Crippen LogP contribution in [0.4, 0.5) is 0 Å². The third-order valence-corrected chi connectivity index (χ3v) is 3.36. The minimum atomic E-state index is 0.0731. The molecule has 2 rings (SSSR count). The van der Waals surface area contributed by atoms with Crippen molar-refractivity contribution in [3.05, 3.63) is 42.2 Å². The molecule has 0 aliphatic rings. The van der Waals surface area contributed by atoms with E-state index in [1.165, 1.54) is 16.3 Å². The predicted molar refractivity (Wildman–Crippen MR) is 74.7 cm³/mol. The van der Waals surface area contributed by atoms with Crippen molar-refractivity contribution in [1.29, 1.82) is 0 Å². The van der Waals surface area contributed by atoms with Crippen molar-refractivity contribution in [2.24, 2.45) is 0 Å². The van der Waals surface area contributed by atoms with Crippen LogP contribution in [0, 0.1) is 0 Å². The Morgan fingerprint density at radius 1 is 1.29 bits per heavy atom. The second kappa shape index (κ2) is 4.66. The molecule has 1 aromatic carbocycles. The van der Waals surface area contributed by atoms with Gasteiger partial charge in [-0.05, 0) is 35.8 Å². The Labute approximate surface area is 108 Å². The van der Waals surface area contributed by atoms with Crippen LogP contribution in [0.2, 0.25) is 0 Å². The van der Waals surface area contributed by atoms with Crippen molar-refractivity contribution in [2.45, 2.75) is 38.0 Å². The highest BCUT2D eigenvalue weighted by Gasteiger charge is 2.24. The van der Waals surface area contributed by atoms with Crippen molar-refractivity contribution < 1.29 is 0 Å². The van der Waals surface area contributed by atoms with Gasteiger partial charge in [0.25, 0.3) is 0 Å². The van der Waals surface area contributed by atoms with Crippen LogP contribution >= 0.6 is 11.6 Å². The molecule has 1 atom stereocenters. The van der Waals surface area contributed by atoms with Gasteiger partial charge in [0.05, 0.1) is 0 Å². The number of hydrogen-bond donors (Lipinski definition) is 0. The van der Waals surface area contributed by atoms with Crippen LogP contribution in [0.5, 0.6) is 0 Å². The molecule has 1 nitrogen and oxygen atoms in total. The number of fused-ring (bicyclic) bond motifs is 1. The standard InChI is InChI=1S/C15H18ClN/c1-11(16)9-15(2,3)14-6-4-5-12-7-8-17-10-13(12)14/h4-8,10-11H,9H2,1-3H3. The van der Waals surface area contributed by atoms with E-state index in [-0.39, 0.29) is 10.8 Å². The molecular formula is C15H18ClN. The van der Waals surface area contributed by atoms with Gasteiger partial charge >= 0.3 is 0 Å². The van der Waals surface area contributed by atoms with Crippen molar-refractivity contribution in [1.82, 2.24) is 4.98 Å². The molecule has 90 valence electrons. The molecule has 0 spiro atoms. The van der Waals surface area contributed by atoms with E-state index in [2.05, 4.69) is 43.1 Å². The predicted octanol–water partition coefficient (Wildman–Crippen LogP) is 4.53. The molecule has 0 radical (unpaired) electrons. The monoisotopic (exact) mass is 247 g/mol. The molecule has 0 saturated heterocycles. The first-order valence-electron chi connectivity index (χ1n) is 5.98. The molecule has 0 bridgehead atoms. The second-order valence-corrected chi connectivity index (χ2v) is 6.02. The maximum Gasteiger partial charge on any atom is 0.0349 e. The van der Waals surface area contributed by atoms with Gasteiger partial charge in [-0.1, -0.05) is 32.0 Å². The van der Waals surface area contributed by atoms with Crippen LogP contribution in [-0.2, 0) is 5.41 Å². The number of aromatic nitrogens is 1. The number of nitrogens with zero attached hydrogens (tertiary/aromatic N) is 1. The number of rotatable bonds is 3. The molecule has 17 heavy (non-hydrogen) atoms. The minimum absolute atomic E-state index is 0.0731. The summed E-state index contributed by atoms with van der Waals surface area (Å²) in [5.74, 6) is 0. The largest absolute Gasteiger partial charge is 0.264 e. The first kappa shape index (κ1) is 12.4. The quantitative estimate of drug-likeness (QED) is 0.727. The van der Waals surface area contributed by atoms with E-state index in [9.17, 15) is 0 Å². The topological polar surface area (TPSA) is 12.9 Å². The molecule has 0 amide bonds. The summed E-state index contributed by atoms with van der Waals surface area (Å²) < 4.78 is 0. The lowest BCUT2D eigenvalue weighted by atomic mass is 9.78. The zero-order valence-corrected chi connectivity index (χ0v) is 11.3. The van der Waals surface area contributed by atoms with Crippen molar-refractivity contribution in [3.63, 3.8) is 0 Å². The fourth-order valence-corrected chi connectivity index (χ4v) is 2.90. The van der Waals surface area contributed by atoms with Gasteiger partial charge in [0.1, 0.15) is 0 Å². The van der Waals surface area contributed by atoms with Gasteiger partial charge < -0.3 is 0 Å². The molecule has 0 saturated carbocycles. The molecule has 1 aromatic heterocycles. The van der Waals surface area contributed by atoms with Crippen LogP contribution in [0.25, 0.3) is 10.8 Å². The lowest BCUT2D eigenvalue weighted by molar-refractivity contribution is 0.480. The fraction of sp³-hybridized carbons (Fsp3) is 0.400. The molecule has 2 heteroatoms. The highest BCUT2D eigenvalue weighted by molar-refractivity contribution is 6.20. The van der Waals surface area contributed by atoms with Gasteiger partial charge in [-0.25, -0.2) is 0 Å². The molecule has 0 fully saturated rings. The molecule has 1 heterocycles. The summed E-state index contributed by atoms with van der Waals surface area (Å²) in [7, 11) is 0. The van der Waals surface area contributed by atoms with Gasteiger partial charge in [0.2, 0.25) is 0 Å². The molecule has 0 N–H and O–H groups in total. The SMILES string of the molecule is CC(Cl)CC(C)(C)c1cccc2ccncc12. The number of pyridine rings is 1. The molecule has 0 aliphatic heterocycles. The second-order valence-electron chi connectivity index (χ2n) is 5.27. The zero-order valence-electron chi connectivity index (χ0n) is 10.6. The highest BCUT2D eigenvalue weighted by atomic mass is 35.5. The number of alkyl halides is 1. The lowest BCUT2D eigenvalue weighted by Crippen LogP contribution is -2.21. The van der Waals surface area contributed by atoms with Crippen LogP contribution < -0.4 is 0 Å². The van der Waals surface area contributed by atoms with Crippen LogP contribution in [0.3, 0.4) is 0 Å². The van der Waals surface area contributed by atoms with E-state index < -0.39 is 0 Å². The third-order valence-electron chi connectivity index (χ3n) is 3.20. The van der Waals surface area contributed by atoms with Crippen molar-refractivity contribution in [2.75, 3.05) is 0 Å². The van der Waals surface area contributed by atoms with Gasteiger partial charge in [-0.2, -0.15) is 0 Å². The smallest absolute Gasteiger partial charge is 0.0349 e. The summed E-state index contributed by atoms with van der Waals surface area (Å²) in [5.41, 5.74) is 1.40. The summed E-state index contributed by atoms with van der Waals surface area (Å²) >= 11 is 6.15. The Hall–Kier alpha value is -1.08. The van der Waals surface area contributed by atoms with Crippen molar-refractivity contribution in [3.8, 4) is 0 Å². The van der Waals surface area contributed by atoms with Crippen molar-refractivity contribution >= 4 is 22.4 Å². The summed E-state index contributed by atoms with van der Waals surface area (Å²) in [5, 5.41) is 2.65. The maximum absolute atomic E-state index is 6.15. The highest BCUT2D eigenvalue weighted by Crippen LogP contribution is 2.34. The fourth-order valence-electron chi connectivity index (χ4n) is 2.52. The normalized spacial score (nSPS) is 13.9. The Bertz CT molecular complexity index is 512.